The van der Waals surface area contributed by atoms with E-state index >= 15 is 0 Å². The Morgan fingerprint density at radius 1 is 1.25 bits per heavy atom. The van der Waals surface area contributed by atoms with Crippen LogP contribution in [0.5, 0.6) is 0 Å². The minimum atomic E-state index is -0.802. The first-order chi connectivity index (χ1) is 5.35. The largest absolute Gasteiger partial charge is 0.460 e. The van der Waals surface area contributed by atoms with Crippen molar-refractivity contribution < 1.29 is 19.2 Å². The monoisotopic (exact) mass is 175 g/mol. The average molecular weight is 175 g/mol. The molecule has 0 heterocycles. The fourth-order valence-corrected chi connectivity index (χ4v) is 0.537. The van der Waals surface area contributed by atoms with Gasteiger partial charge in [0.2, 0.25) is 0 Å². The van der Waals surface area contributed by atoms with Gasteiger partial charge in [-0.15, -0.1) is 0 Å². The van der Waals surface area contributed by atoms with E-state index in [2.05, 4.69) is 10.7 Å². The van der Waals surface area contributed by atoms with Gasteiger partial charge in [-0.05, 0) is 20.8 Å². The summed E-state index contributed by atoms with van der Waals surface area (Å²) in [5.74, 6) is 3.08. The van der Waals surface area contributed by atoms with E-state index in [1.165, 1.54) is 0 Å². The standard InChI is InChI=1S/C7H13NO4/c1-7(2,3)11-5(9)4-6(10)12-8/h4,8H2,1-3H3. The number of hydrogen-bond donors (Lipinski definition) is 1. The molecular formula is C7H13NO4. The molecule has 0 aliphatic rings. The number of carbonyl (C=O) groups excluding carboxylic acids is 2. The van der Waals surface area contributed by atoms with E-state index in [0.717, 1.165) is 0 Å². The second-order valence-electron chi connectivity index (χ2n) is 3.25. The smallest absolute Gasteiger partial charge is 0.335 e. The molecule has 0 aromatic rings. The van der Waals surface area contributed by atoms with Crippen LogP contribution in [0.25, 0.3) is 0 Å². The molecule has 0 aromatic heterocycles. The lowest BCUT2D eigenvalue weighted by Gasteiger charge is -2.18. The van der Waals surface area contributed by atoms with Crippen molar-refractivity contribution in [3.8, 4) is 0 Å². The maximum Gasteiger partial charge on any atom is 0.335 e. The van der Waals surface area contributed by atoms with Crippen LogP contribution in [0.3, 0.4) is 0 Å². The average Bonchev–Trinajstić information content (AvgIpc) is 1.82. The zero-order valence-corrected chi connectivity index (χ0v) is 7.42. The molecule has 0 unspecified atom stereocenters. The molecule has 0 aromatic carbocycles. The molecule has 0 aliphatic heterocycles. The van der Waals surface area contributed by atoms with E-state index in [0.29, 0.717) is 0 Å². The quantitative estimate of drug-likeness (QED) is 0.367. The van der Waals surface area contributed by atoms with Crippen LogP contribution in [0.4, 0.5) is 0 Å². The first-order valence-electron chi connectivity index (χ1n) is 3.46. The summed E-state index contributed by atoms with van der Waals surface area (Å²) < 4.78 is 4.81. The van der Waals surface area contributed by atoms with Crippen molar-refractivity contribution in [3.63, 3.8) is 0 Å². The van der Waals surface area contributed by atoms with Crippen LogP contribution in [0.2, 0.25) is 0 Å². The van der Waals surface area contributed by atoms with Crippen LogP contribution in [-0.2, 0) is 19.2 Å². The molecule has 0 fully saturated rings. The lowest BCUT2D eigenvalue weighted by atomic mass is 10.2. The highest BCUT2D eigenvalue weighted by atomic mass is 16.7. The van der Waals surface area contributed by atoms with Gasteiger partial charge in [0.15, 0.2) is 0 Å². The van der Waals surface area contributed by atoms with Gasteiger partial charge >= 0.3 is 11.9 Å². The lowest BCUT2D eigenvalue weighted by molar-refractivity contribution is -0.161. The molecule has 0 bridgehead atoms. The second-order valence-corrected chi connectivity index (χ2v) is 3.25. The fraction of sp³-hybridized carbons (Fsp3) is 0.714. The molecule has 0 spiro atoms. The Morgan fingerprint density at radius 2 is 1.75 bits per heavy atom. The molecule has 5 heteroatoms. The normalized spacial score (nSPS) is 10.7. The third kappa shape index (κ3) is 5.67. The van der Waals surface area contributed by atoms with Gasteiger partial charge in [0, 0.05) is 0 Å². The first-order valence-corrected chi connectivity index (χ1v) is 3.46. The summed E-state index contributed by atoms with van der Waals surface area (Å²) in [5, 5.41) is 0. The fourth-order valence-electron chi connectivity index (χ4n) is 0.537. The number of rotatable bonds is 2. The van der Waals surface area contributed by atoms with E-state index in [1.54, 1.807) is 20.8 Å². The van der Waals surface area contributed by atoms with Crippen molar-refractivity contribution in [3.05, 3.63) is 0 Å². The number of carbonyl (C=O) groups is 2. The molecule has 0 radical (unpaired) electrons. The zero-order valence-electron chi connectivity index (χ0n) is 7.42. The summed E-state index contributed by atoms with van der Waals surface area (Å²) in [6.07, 6.45) is -0.451. The molecule has 12 heavy (non-hydrogen) atoms. The van der Waals surface area contributed by atoms with E-state index in [9.17, 15) is 9.59 Å². The summed E-state index contributed by atoms with van der Waals surface area (Å²) in [6, 6.07) is 0. The maximum atomic E-state index is 10.8. The Hall–Kier alpha value is -1.10. The van der Waals surface area contributed by atoms with Gasteiger partial charge in [-0.3, -0.25) is 4.79 Å². The van der Waals surface area contributed by atoms with Gasteiger partial charge in [0.05, 0.1) is 0 Å². The molecule has 5 nitrogen and oxygen atoms in total. The van der Waals surface area contributed by atoms with Crippen LogP contribution in [0, 0.1) is 0 Å². The molecule has 0 rings (SSSR count). The van der Waals surface area contributed by atoms with Crippen molar-refractivity contribution in [2.75, 3.05) is 0 Å². The predicted octanol–water partition coefficient (Wildman–Crippen LogP) is 0.135. The van der Waals surface area contributed by atoms with Crippen LogP contribution in [0.1, 0.15) is 27.2 Å². The van der Waals surface area contributed by atoms with E-state index < -0.39 is 24.0 Å². The van der Waals surface area contributed by atoms with Crippen molar-refractivity contribution in [1.29, 1.82) is 0 Å². The molecule has 0 saturated carbocycles. The minimum absolute atomic E-state index is 0.451. The Balaban J connectivity index is 3.83. The van der Waals surface area contributed by atoms with Crippen molar-refractivity contribution >= 4 is 11.9 Å². The number of ether oxygens (including phenoxy) is 1. The highest BCUT2D eigenvalue weighted by molar-refractivity contribution is 5.91. The summed E-state index contributed by atoms with van der Waals surface area (Å²) in [5.41, 5.74) is -0.591. The van der Waals surface area contributed by atoms with Gasteiger partial charge in [-0.1, -0.05) is 0 Å². The topological polar surface area (TPSA) is 78.6 Å². The number of nitrogens with two attached hydrogens (primary N) is 1. The Morgan fingerprint density at radius 3 is 2.08 bits per heavy atom. The molecule has 0 aliphatic carbocycles. The first kappa shape index (κ1) is 10.9. The van der Waals surface area contributed by atoms with Crippen LogP contribution >= 0.6 is 0 Å². The molecular weight excluding hydrogens is 162 g/mol. The van der Waals surface area contributed by atoms with Gasteiger partial charge in [0.1, 0.15) is 12.0 Å². The van der Waals surface area contributed by atoms with Gasteiger partial charge in [-0.2, -0.15) is 5.90 Å². The molecule has 2 N–H and O–H groups in total. The number of hydrogen-bond acceptors (Lipinski definition) is 5. The van der Waals surface area contributed by atoms with Crippen molar-refractivity contribution in [1.82, 2.24) is 0 Å². The SMILES string of the molecule is CC(C)(C)OC(=O)CC(=O)ON. The minimum Gasteiger partial charge on any atom is -0.460 e. The van der Waals surface area contributed by atoms with Gasteiger partial charge < -0.3 is 9.57 Å². The summed E-state index contributed by atoms with van der Waals surface area (Å²) >= 11 is 0. The van der Waals surface area contributed by atoms with E-state index in [-0.39, 0.29) is 0 Å². The summed E-state index contributed by atoms with van der Waals surface area (Å²) in [7, 11) is 0. The lowest BCUT2D eigenvalue weighted by Crippen LogP contribution is -2.26. The Labute approximate surface area is 70.8 Å². The zero-order chi connectivity index (χ0) is 9.78. The van der Waals surface area contributed by atoms with Crippen molar-refractivity contribution in [2.24, 2.45) is 5.90 Å². The van der Waals surface area contributed by atoms with Gasteiger partial charge in [0.25, 0.3) is 0 Å². The summed E-state index contributed by atoms with van der Waals surface area (Å²) in [6.45, 7) is 5.12. The van der Waals surface area contributed by atoms with Gasteiger partial charge in [-0.25, -0.2) is 4.79 Å². The third-order valence-corrected chi connectivity index (χ3v) is 0.840. The predicted molar refractivity (Wildman–Crippen MR) is 40.7 cm³/mol. The maximum absolute atomic E-state index is 10.8. The van der Waals surface area contributed by atoms with Crippen LogP contribution < -0.4 is 5.90 Å². The molecule has 0 atom stereocenters. The second kappa shape index (κ2) is 4.06. The highest BCUT2D eigenvalue weighted by Crippen LogP contribution is 2.07. The molecule has 70 valence electrons. The van der Waals surface area contributed by atoms with Crippen LogP contribution in [-0.4, -0.2) is 17.5 Å². The Bertz CT molecular complexity index is 182. The summed E-state index contributed by atoms with van der Waals surface area (Å²) in [4.78, 5) is 25.1. The third-order valence-electron chi connectivity index (χ3n) is 0.840. The van der Waals surface area contributed by atoms with Crippen LogP contribution in [0.15, 0.2) is 0 Å². The van der Waals surface area contributed by atoms with E-state index in [4.69, 9.17) is 4.74 Å². The highest BCUT2D eigenvalue weighted by Gasteiger charge is 2.19. The number of esters is 1. The molecule has 0 saturated heterocycles. The van der Waals surface area contributed by atoms with E-state index in [1.807, 2.05) is 0 Å². The Kier molecular flexibility index (Phi) is 3.69. The molecule has 0 amide bonds. The van der Waals surface area contributed by atoms with Crippen molar-refractivity contribution in [2.45, 2.75) is 32.8 Å².